The smallest absolute Gasteiger partial charge is 0.337 e. The molecule has 0 saturated carbocycles. The zero-order chi connectivity index (χ0) is 10.3. The zero-order valence-electron chi connectivity index (χ0n) is 7.34. The average Bonchev–Trinajstić information content (AvgIpc) is 2.48. The van der Waals surface area contributed by atoms with Crippen molar-refractivity contribution in [2.45, 2.75) is 6.92 Å². The highest BCUT2D eigenvalue weighted by atomic mass is 79.9. The Morgan fingerprint density at radius 2 is 2.36 bits per heavy atom. The van der Waals surface area contributed by atoms with E-state index >= 15 is 0 Å². The standard InChI is InChI=1S/C9H7BrN2O2/c1-4-2-5-6(9(13)14)3-11-8(5)12-7(4)10/h2-3H,1H3,(H,11,12)(H,13,14). The van der Waals surface area contributed by atoms with Crippen molar-refractivity contribution in [3.05, 3.63) is 28.0 Å². The summed E-state index contributed by atoms with van der Waals surface area (Å²) in [6, 6.07) is 1.80. The second kappa shape index (κ2) is 3.09. The van der Waals surface area contributed by atoms with Crippen LogP contribution < -0.4 is 0 Å². The van der Waals surface area contributed by atoms with Gasteiger partial charge in [0.15, 0.2) is 0 Å². The number of fused-ring (bicyclic) bond motifs is 1. The maximum Gasteiger partial charge on any atom is 0.337 e. The van der Waals surface area contributed by atoms with Gasteiger partial charge in [-0.1, -0.05) is 0 Å². The molecule has 0 amide bonds. The van der Waals surface area contributed by atoms with E-state index in [1.165, 1.54) is 6.20 Å². The molecule has 0 aliphatic carbocycles. The molecule has 0 atom stereocenters. The number of pyridine rings is 1. The molecule has 72 valence electrons. The van der Waals surface area contributed by atoms with Crippen molar-refractivity contribution in [2.75, 3.05) is 0 Å². The van der Waals surface area contributed by atoms with E-state index in [0.29, 0.717) is 11.0 Å². The third kappa shape index (κ3) is 1.29. The maximum absolute atomic E-state index is 10.8. The number of hydrogen-bond acceptors (Lipinski definition) is 2. The molecule has 0 aliphatic heterocycles. The Labute approximate surface area is 88.1 Å². The van der Waals surface area contributed by atoms with Crippen LogP contribution in [0.1, 0.15) is 15.9 Å². The van der Waals surface area contributed by atoms with Gasteiger partial charge in [-0.05, 0) is 34.5 Å². The number of H-pyrrole nitrogens is 1. The number of hydrogen-bond donors (Lipinski definition) is 2. The number of aromatic carboxylic acids is 1. The Balaban J connectivity index is 2.80. The number of aryl methyl sites for hydroxylation is 1. The van der Waals surface area contributed by atoms with Crippen molar-refractivity contribution in [3.8, 4) is 0 Å². The van der Waals surface area contributed by atoms with Crippen molar-refractivity contribution >= 4 is 32.9 Å². The first kappa shape index (κ1) is 9.21. The van der Waals surface area contributed by atoms with E-state index in [1.807, 2.05) is 6.92 Å². The molecule has 4 nitrogen and oxygen atoms in total. The lowest BCUT2D eigenvalue weighted by Gasteiger charge is -1.97. The van der Waals surface area contributed by atoms with Gasteiger partial charge < -0.3 is 10.1 Å². The van der Waals surface area contributed by atoms with Gasteiger partial charge >= 0.3 is 5.97 Å². The number of rotatable bonds is 1. The molecule has 2 aromatic rings. The lowest BCUT2D eigenvalue weighted by Crippen LogP contribution is -1.94. The van der Waals surface area contributed by atoms with Gasteiger partial charge in [0.1, 0.15) is 10.3 Å². The number of nitrogens with zero attached hydrogens (tertiary/aromatic N) is 1. The van der Waals surface area contributed by atoms with Gasteiger partial charge in [0.05, 0.1) is 5.56 Å². The van der Waals surface area contributed by atoms with E-state index in [9.17, 15) is 4.79 Å². The van der Waals surface area contributed by atoms with Crippen LogP contribution in [0.4, 0.5) is 0 Å². The summed E-state index contributed by atoms with van der Waals surface area (Å²) in [5.74, 6) is -0.945. The summed E-state index contributed by atoms with van der Waals surface area (Å²) in [4.78, 5) is 17.8. The van der Waals surface area contributed by atoms with E-state index in [2.05, 4.69) is 25.9 Å². The topological polar surface area (TPSA) is 66.0 Å². The third-order valence-corrected chi connectivity index (χ3v) is 2.83. The summed E-state index contributed by atoms with van der Waals surface area (Å²) in [6.07, 6.45) is 1.45. The van der Waals surface area contributed by atoms with Crippen LogP contribution in [0, 0.1) is 6.92 Å². The molecule has 0 fully saturated rings. The van der Waals surface area contributed by atoms with Crippen molar-refractivity contribution in [1.82, 2.24) is 9.97 Å². The van der Waals surface area contributed by atoms with Gasteiger partial charge in [-0.3, -0.25) is 0 Å². The normalized spacial score (nSPS) is 10.7. The number of carboxylic acid groups (broad SMARTS) is 1. The highest BCUT2D eigenvalue weighted by Gasteiger charge is 2.12. The molecule has 0 spiro atoms. The second-order valence-corrected chi connectivity index (χ2v) is 3.75. The molecule has 2 aromatic heterocycles. The monoisotopic (exact) mass is 254 g/mol. The van der Waals surface area contributed by atoms with Gasteiger partial charge in [0.2, 0.25) is 0 Å². The molecule has 0 bridgehead atoms. The van der Waals surface area contributed by atoms with Crippen molar-refractivity contribution < 1.29 is 9.90 Å². The van der Waals surface area contributed by atoms with Crippen LogP contribution in [0.5, 0.6) is 0 Å². The Hall–Kier alpha value is -1.36. The number of aromatic nitrogens is 2. The summed E-state index contributed by atoms with van der Waals surface area (Å²) in [6.45, 7) is 1.87. The van der Waals surface area contributed by atoms with Crippen molar-refractivity contribution in [2.24, 2.45) is 0 Å². The number of carbonyl (C=O) groups is 1. The highest BCUT2D eigenvalue weighted by molar-refractivity contribution is 9.10. The van der Waals surface area contributed by atoms with Gasteiger partial charge in [0.25, 0.3) is 0 Å². The molecule has 0 aliphatic rings. The van der Waals surface area contributed by atoms with E-state index in [1.54, 1.807) is 6.07 Å². The number of nitrogens with one attached hydrogen (secondary N) is 1. The lowest BCUT2D eigenvalue weighted by molar-refractivity contribution is 0.0699. The van der Waals surface area contributed by atoms with Gasteiger partial charge in [-0.25, -0.2) is 9.78 Å². The average molecular weight is 255 g/mol. The first-order chi connectivity index (χ1) is 6.59. The molecule has 0 saturated heterocycles. The van der Waals surface area contributed by atoms with E-state index in [-0.39, 0.29) is 5.56 Å². The maximum atomic E-state index is 10.8. The first-order valence-electron chi connectivity index (χ1n) is 3.97. The fourth-order valence-corrected chi connectivity index (χ4v) is 1.59. The first-order valence-corrected chi connectivity index (χ1v) is 4.76. The molecule has 5 heteroatoms. The summed E-state index contributed by atoms with van der Waals surface area (Å²) >= 11 is 3.28. The predicted octanol–water partition coefficient (Wildman–Crippen LogP) is 2.33. The molecule has 2 N–H and O–H groups in total. The molecular weight excluding hydrogens is 248 g/mol. The van der Waals surface area contributed by atoms with Crippen LogP contribution in [0.25, 0.3) is 11.0 Å². The van der Waals surface area contributed by atoms with Crippen LogP contribution >= 0.6 is 15.9 Å². The summed E-state index contributed by atoms with van der Waals surface area (Å²) in [7, 11) is 0. The minimum Gasteiger partial charge on any atom is -0.478 e. The fraction of sp³-hybridized carbons (Fsp3) is 0.111. The second-order valence-electron chi connectivity index (χ2n) is 3.00. The van der Waals surface area contributed by atoms with E-state index in [4.69, 9.17) is 5.11 Å². The highest BCUT2D eigenvalue weighted by Crippen LogP contribution is 2.22. The molecular formula is C9H7BrN2O2. The predicted molar refractivity (Wildman–Crippen MR) is 55.5 cm³/mol. The van der Waals surface area contributed by atoms with Crippen LogP contribution in [-0.4, -0.2) is 21.0 Å². The van der Waals surface area contributed by atoms with E-state index < -0.39 is 5.97 Å². The third-order valence-electron chi connectivity index (χ3n) is 2.03. The van der Waals surface area contributed by atoms with Crippen LogP contribution in [0.15, 0.2) is 16.9 Å². The zero-order valence-corrected chi connectivity index (χ0v) is 8.92. The number of aromatic amines is 1. The van der Waals surface area contributed by atoms with Crippen LogP contribution in [0.3, 0.4) is 0 Å². The lowest BCUT2D eigenvalue weighted by atomic mass is 10.2. The Morgan fingerprint density at radius 3 is 3.00 bits per heavy atom. The van der Waals surface area contributed by atoms with Gasteiger partial charge in [0, 0.05) is 11.6 Å². The SMILES string of the molecule is Cc1cc2c(C(=O)O)c[nH]c2nc1Br. The Kier molecular flexibility index (Phi) is 2.03. The molecule has 2 rings (SSSR count). The van der Waals surface area contributed by atoms with Crippen LogP contribution in [-0.2, 0) is 0 Å². The molecule has 0 unspecified atom stereocenters. The molecule has 2 heterocycles. The Morgan fingerprint density at radius 1 is 1.64 bits per heavy atom. The fourth-order valence-electron chi connectivity index (χ4n) is 1.30. The number of carboxylic acids is 1. The largest absolute Gasteiger partial charge is 0.478 e. The van der Waals surface area contributed by atoms with Gasteiger partial charge in [-0.15, -0.1) is 0 Å². The van der Waals surface area contributed by atoms with Crippen LogP contribution in [0.2, 0.25) is 0 Å². The summed E-state index contributed by atoms with van der Waals surface area (Å²) in [5, 5.41) is 9.51. The number of halogens is 1. The van der Waals surface area contributed by atoms with Crippen molar-refractivity contribution in [3.63, 3.8) is 0 Å². The minimum absolute atomic E-state index is 0.253. The molecule has 0 radical (unpaired) electrons. The summed E-state index contributed by atoms with van der Waals surface area (Å²) in [5.41, 5.74) is 1.75. The quantitative estimate of drug-likeness (QED) is 0.768. The minimum atomic E-state index is -0.945. The van der Waals surface area contributed by atoms with Crippen molar-refractivity contribution in [1.29, 1.82) is 0 Å². The van der Waals surface area contributed by atoms with Gasteiger partial charge in [-0.2, -0.15) is 0 Å². The molecule has 14 heavy (non-hydrogen) atoms. The van der Waals surface area contributed by atoms with E-state index in [0.717, 1.165) is 10.2 Å². The summed E-state index contributed by atoms with van der Waals surface area (Å²) < 4.78 is 0.726. The Bertz CT molecular complexity index is 519. The molecule has 0 aromatic carbocycles.